The number of aromatic nitrogens is 1. The number of carboxylic acid groups (broad SMARTS) is 1. The van der Waals surface area contributed by atoms with Crippen molar-refractivity contribution in [2.45, 2.75) is 44.2 Å². The van der Waals surface area contributed by atoms with E-state index in [4.69, 9.17) is 11.6 Å². The Bertz CT molecular complexity index is 816. The number of aliphatic carboxylic acids is 1. The molecule has 3 unspecified atom stereocenters. The SMILES string of the molecule is O=C(O)C1CC2CCCCC2N1C(=O)c1[nH]c2ccccc2c1Cl. The molecule has 0 spiro atoms. The van der Waals surface area contributed by atoms with Crippen LogP contribution in [0.5, 0.6) is 0 Å². The number of H-pyrrole nitrogens is 1. The van der Waals surface area contributed by atoms with E-state index >= 15 is 0 Å². The second-order valence-corrected chi connectivity index (χ2v) is 7.15. The van der Waals surface area contributed by atoms with E-state index in [0.717, 1.165) is 36.6 Å². The maximum Gasteiger partial charge on any atom is 0.326 e. The fourth-order valence-corrected chi connectivity index (χ4v) is 4.65. The first-order valence-corrected chi connectivity index (χ1v) is 8.77. The lowest BCUT2D eigenvalue weighted by Gasteiger charge is -2.32. The molecule has 6 heteroatoms. The molecule has 24 heavy (non-hydrogen) atoms. The van der Waals surface area contributed by atoms with Gasteiger partial charge in [0.25, 0.3) is 5.91 Å². The number of nitrogens with zero attached hydrogens (tertiary/aromatic N) is 1. The lowest BCUT2D eigenvalue weighted by Crippen LogP contribution is -2.46. The highest BCUT2D eigenvalue weighted by Crippen LogP contribution is 2.41. The summed E-state index contributed by atoms with van der Waals surface area (Å²) in [6.45, 7) is 0. The van der Waals surface area contributed by atoms with E-state index in [2.05, 4.69) is 4.98 Å². The molecule has 2 heterocycles. The first-order chi connectivity index (χ1) is 11.6. The molecule has 126 valence electrons. The van der Waals surface area contributed by atoms with Gasteiger partial charge in [-0.15, -0.1) is 0 Å². The van der Waals surface area contributed by atoms with E-state index in [1.54, 1.807) is 4.90 Å². The van der Waals surface area contributed by atoms with E-state index < -0.39 is 12.0 Å². The molecular weight excluding hydrogens is 328 g/mol. The number of nitrogens with one attached hydrogen (secondary N) is 1. The maximum absolute atomic E-state index is 13.2. The highest BCUT2D eigenvalue weighted by molar-refractivity contribution is 6.38. The Labute approximate surface area is 144 Å². The van der Waals surface area contributed by atoms with Crippen molar-refractivity contribution in [3.8, 4) is 0 Å². The van der Waals surface area contributed by atoms with Crippen molar-refractivity contribution in [3.05, 3.63) is 35.0 Å². The van der Waals surface area contributed by atoms with Gasteiger partial charge >= 0.3 is 5.97 Å². The van der Waals surface area contributed by atoms with Gasteiger partial charge in [-0.3, -0.25) is 4.79 Å². The van der Waals surface area contributed by atoms with Crippen molar-refractivity contribution in [1.82, 2.24) is 9.88 Å². The van der Waals surface area contributed by atoms with Crippen molar-refractivity contribution in [3.63, 3.8) is 0 Å². The first kappa shape index (κ1) is 15.5. The molecule has 1 saturated heterocycles. The minimum Gasteiger partial charge on any atom is -0.480 e. The van der Waals surface area contributed by atoms with Gasteiger partial charge in [0, 0.05) is 16.9 Å². The second kappa shape index (κ2) is 5.81. The van der Waals surface area contributed by atoms with Gasteiger partial charge in [0.05, 0.1) is 5.02 Å². The number of rotatable bonds is 2. The number of carbonyl (C=O) groups is 2. The van der Waals surface area contributed by atoms with E-state index in [1.165, 1.54) is 0 Å². The van der Waals surface area contributed by atoms with Gasteiger partial charge in [0.1, 0.15) is 11.7 Å². The monoisotopic (exact) mass is 346 g/mol. The first-order valence-electron chi connectivity index (χ1n) is 8.39. The van der Waals surface area contributed by atoms with Gasteiger partial charge < -0.3 is 15.0 Å². The summed E-state index contributed by atoms with van der Waals surface area (Å²) < 4.78 is 0. The van der Waals surface area contributed by atoms with Crippen LogP contribution in [0.1, 0.15) is 42.6 Å². The van der Waals surface area contributed by atoms with Crippen LogP contribution in [0.3, 0.4) is 0 Å². The molecule has 0 radical (unpaired) electrons. The summed E-state index contributed by atoms with van der Waals surface area (Å²) in [7, 11) is 0. The highest BCUT2D eigenvalue weighted by atomic mass is 35.5. The van der Waals surface area contributed by atoms with Crippen LogP contribution in [0.15, 0.2) is 24.3 Å². The van der Waals surface area contributed by atoms with Gasteiger partial charge in [-0.25, -0.2) is 4.79 Å². The number of fused-ring (bicyclic) bond motifs is 2. The number of halogens is 1. The zero-order chi connectivity index (χ0) is 16.8. The predicted molar refractivity (Wildman–Crippen MR) is 91.3 cm³/mol. The minimum atomic E-state index is -0.926. The van der Waals surface area contributed by atoms with Crippen molar-refractivity contribution in [2.75, 3.05) is 0 Å². The Morgan fingerprint density at radius 2 is 1.96 bits per heavy atom. The lowest BCUT2D eigenvalue weighted by molar-refractivity contribution is -0.141. The third-order valence-electron chi connectivity index (χ3n) is 5.46. The van der Waals surface area contributed by atoms with Gasteiger partial charge in [0.15, 0.2) is 0 Å². The van der Waals surface area contributed by atoms with Crippen molar-refractivity contribution in [1.29, 1.82) is 0 Å². The summed E-state index contributed by atoms with van der Waals surface area (Å²) in [6, 6.07) is 6.70. The second-order valence-electron chi connectivity index (χ2n) is 6.77. The van der Waals surface area contributed by atoms with Gasteiger partial charge in [0.2, 0.25) is 0 Å². The molecule has 1 aliphatic heterocycles. The van der Waals surface area contributed by atoms with Crippen LogP contribution in [0.2, 0.25) is 5.02 Å². The van der Waals surface area contributed by atoms with Crippen LogP contribution < -0.4 is 0 Å². The summed E-state index contributed by atoms with van der Waals surface area (Å²) in [5, 5.41) is 10.8. The molecule has 1 saturated carbocycles. The average Bonchev–Trinajstić information content (AvgIpc) is 3.13. The number of carbonyl (C=O) groups excluding carboxylic acids is 1. The number of hydrogen-bond donors (Lipinski definition) is 2. The predicted octanol–water partition coefficient (Wildman–Crippen LogP) is 3.68. The fourth-order valence-electron chi connectivity index (χ4n) is 4.36. The molecule has 1 aliphatic carbocycles. The molecule has 2 aromatic rings. The molecule has 1 aromatic heterocycles. The number of hydrogen-bond acceptors (Lipinski definition) is 2. The zero-order valence-corrected chi connectivity index (χ0v) is 13.9. The lowest BCUT2D eigenvalue weighted by atomic mass is 9.84. The Morgan fingerprint density at radius 1 is 1.21 bits per heavy atom. The van der Waals surface area contributed by atoms with Gasteiger partial charge in [-0.05, 0) is 31.2 Å². The number of aromatic amines is 1. The van der Waals surface area contributed by atoms with Gasteiger partial charge in [-0.2, -0.15) is 0 Å². The summed E-state index contributed by atoms with van der Waals surface area (Å²) >= 11 is 6.41. The Morgan fingerprint density at radius 3 is 2.71 bits per heavy atom. The van der Waals surface area contributed by atoms with Crippen molar-refractivity contribution >= 4 is 34.4 Å². The third-order valence-corrected chi connectivity index (χ3v) is 5.86. The van der Waals surface area contributed by atoms with E-state index in [1.807, 2.05) is 24.3 Å². The van der Waals surface area contributed by atoms with Crippen LogP contribution in [0, 0.1) is 5.92 Å². The Kier molecular flexibility index (Phi) is 3.76. The number of benzene rings is 1. The maximum atomic E-state index is 13.2. The topological polar surface area (TPSA) is 73.4 Å². The van der Waals surface area contributed by atoms with Gasteiger partial charge in [-0.1, -0.05) is 42.6 Å². The summed E-state index contributed by atoms with van der Waals surface area (Å²) in [4.78, 5) is 29.5. The number of para-hydroxylation sites is 1. The minimum absolute atomic E-state index is 0.00910. The smallest absolute Gasteiger partial charge is 0.326 e. The molecule has 4 rings (SSSR count). The Hall–Kier alpha value is -2.01. The quantitative estimate of drug-likeness (QED) is 0.871. The largest absolute Gasteiger partial charge is 0.480 e. The molecule has 2 aliphatic rings. The normalized spacial score (nSPS) is 26.5. The number of likely N-dealkylation sites (tertiary alicyclic amines) is 1. The van der Waals surface area contributed by atoms with E-state index in [0.29, 0.717) is 17.1 Å². The van der Waals surface area contributed by atoms with E-state index in [-0.39, 0.29) is 17.9 Å². The zero-order valence-electron chi connectivity index (χ0n) is 13.2. The summed E-state index contributed by atoms with van der Waals surface area (Å²) in [5.74, 6) is -0.935. The highest BCUT2D eigenvalue weighted by Gasteiger charge is 2.48. The van der Waals surface area contributed by atoms with Crippen LogP contribution in [-0.4, -0.2) is 39.0 Å². The van der Waals surface area contributed by atoms with Crippen LogP contribution >= 0.6 is 11.6 Å². The van der Waals surface area contributed by atoms with Crippen LogP contribution in [0.4, 0.5) is 0 Å². The standard InChI is InChI=1S/C18H19ClN2O3/c19-15-11-6-2-3-7-12(11)20-16(15)17(22)21-13-8-4-1-5-10(13)9-14(21)18(23)24/h2-3,6-7,10,13-14,20H,1,4-5,8-9H2,(H,23,24). The molecule has 1 amide bonds. The van der Waals surface area contributed by atoms with Crippen LogP contribution in [-0.2, 0) is 4.79 Å². The molecule has 2 fully saturated rings. The molecule has 0 bridgehead atoms. The fraction of sp³-hybridized carbons (Fsp3) is 0.444. The molecule has 5 nitrogen and oxygen atoms in total. The molecule has 2 N–H and O–H groups in total. The van der Waals surface area contributed by atoms with Crippen molar-refractivity contribution in [2.24, 2.45) is 5.92 Å². The summed E-state index contributed by atoms with van der Waals surface area (Å²) in [6.07, 6.45) is 4.57. The average molecular weight is 347 g/mol. The number of carboxylic acids is 1. The van der Waals surface area contributed by atoms with Crippen LogP contribution in [0.25, 0.3) is 10.9 Å². The molecular formula is C18H19ClN2O3. The Balaban J connectivity index is 1.75. The molecule has 1 aromatic carbocycles. The van der Waals surface area contributed by atoms with E-state index in [9.17, 15) is 14.7 Å². The number of amides is 1. The summed E-state index contributed by atoms with van der Waals surface area (Å²) in [5.41, 5.74) is 1.09. The molecule has 3 atom stereocenters. The van der Waals surface area contributed by atoms with Crippen molar-refractivity contribution < 1.29 is 14.7 Å². The third kappa shape index (κ3) is 2.30.